The lowest BCUT2D eigenvalue weighted by molar-refractivity contribution is 1.33. The summed E-state index contributed by atoms with van der Waals surface area (Å²) in [5, 5.41) is 1.93. The molecule has 0 saturated carbocycles. The summed E-state index contributed by atoms with van der Waals surface area (Å²) in [5.74, 6) is 0. The predicted molar refractivity (Wildman–Crippen MR) is 46.4 cm³/mol. The lowest BCUT2D eigenvalue weighted by Crippen LogP contribution is -1.58. The van der Waals surface area contributed by atoms with E-state index in [1.54, 1.807) is 18.6 Å². The fourth-order valence-corrected chi connectivity index (χ4v) is 0.840. The van der Waals surface area contributed by atoms with Gasteiger partial charge in [0, 0.05) is 24.0 Å². The molecule has 0 bridgehead atoms. The quantitative estimate of drug-likeness (QED) is 0.596. The number of rotatable bonds is 0. The molecule has 0 N–H and O–H groups in total. The van der Waals surface area contributed by atoms with Crippen molar-refractivity contribution >= 4 is 11.5 Å². The molecule has 0 radical (unpaired) electrons. The molecule has 3 heteroatoms. The van der Waals surface area contributed by atoms with Gasteiger partial charge in [0.15, 0.2) is 0 Å². The second-order valence-electron chi connectivity index (χ2n) is 1.71. The molecule has 2 heterocycles. The van der Waals surface area contributed by atoms with E-state index in [-0.39, 0.29) is 0 Å². The summed E-state index contributed by atoms with van der Waals surface area (Å²) in [7, 11) is 0. The summed E-state index contributed by atoms with van der Waals surface area (Å²) in [6, 6.07) is 7.62. The second kappa shape index (κ2) is 5.56. The standard InChI is InChI=1S/C5H5N.C3H3NS/c1-2-4-6-5-3-1;1-2-4-5-3-1/h1-5H;1-3H. The molecule has 2 aromatic heterocycles. The summed E-state index contributed by atoms with van der Waals surface area (Å²) in [6.45, 7) is 0. The Kier molecular flexibility index (Phi) is 3.98. The number of aromatic nitrogens is 2. The van der Waals surface area contributed by atoms with E-state index in [9.17, 15) is 0 Å². The minimum Gasteiger partial charge on any atom is -0.265 e. The van der Waals surface area contributed by atoms with Crippen LogP contribution in [0.25, 0.3) is 0 Å². The molecule has 0 spiro atoms. The van der Waals surface area contributed by atoms with Gasteiger partial charge in [-0.3, -0.25) is 4.98 Å². The zero-order valence-corrected chi connectivity index (χ0v) is 6.74. The Hall–Kier alpha value is -1.22. The molecule has 0 fully saturated rings. The molecule has 0 atom stereocenters. The molecular weight excluding hydrogens is 156 g/mol. The van der Waals surface area contributed by atoms with Crippen molar-refractivity contribution in [1.29, 1.82) is 0 Å². The third kappa shape index (κ3) is 4.22. The number of pyridine rings is 1. The highest BCUT2D eigenvalue weighted by atomic mass is 32.1. The highest BCUT2D eigenvalue weighted by molar-refractivity contribution is 7.03. The molecule has 2 rings (SSSR count). The van der Waals surface area contributed by atoms with Crippen LogP contribution in [-0.2, 0) is 0 Å². The lowest BCUT2D eigenvalue weighted by atomic mass is 10.5. The normalized spacial score (nSPS) is 8.00. The topological polar surface area (TPSA) is 25.8 Å². The first kappa shape index (κ1) is 7.88. The first-order valence-corrected chi connectivity index (χ1v) is 4.03. The molecule has 0 saturated heterocycles. The maximum Gasteiger partial charge on any atom is 0.0406 e. The van der Waals surface area contributed by atoms with Gasteiger partial charge in [-0.05, 0) is 29.7 Å². The van der Waals surface area contributed by atoms with Gasteiger partial charge in [0.05, 0.1) is 0 Å². The summed E-state index contributed by atoms with van der Waals surface area (Å²) in [5.41, 5.74) is 0. The van der Waals surface area contributed by atoms with Gasteiger partial charge < -0.3 is 0 Å². The van der Waals surface area contributed by atoms with Crippen molar-refractivity contribution in [2.24, 2.45) is 0 Å². The average Bonchev–Trinajstić information content (AvgIpc) is 2.64. The Balaban J connectivity index is 0.000000112. The van der Waals surface area contributed by atoms with Gasteiger partial charge in [-0.1, -0.05) is 6.07 Å². The highest BCUT2D eigenvalue weighted by Gasteiger charge is 1.60. The molecule has 11 heavy (non-hydrogen) atoms. The molecule has 0 aromatic carbocycles. The number of hydrogen-bond donors (Lipinski definition) is 0. The third-order valence-corrected chi connectivity index (χ3v) is 1.44. The predicted octanol–water partition coefficient (Wildman–Crippen LogP) is 2.22. The van der Waals surface area contributed by atoms with E-state index in [1.165, 1.54) is 11.5 Å². The minimum absolute atomic E-state index is 1.46. The van der Waals surface area contributed by atoms with Crippen LogP contribution in [0.3, 0.4) is 0 Å². The molecule has 0 unspecified atom stereocenters. The van der Waals surface area contributed by atoms with Crippen LogP contribution in [0.5, 0.6) is 0 Å². The Morgan fingerprint density at radius 2 is 1.64 bits per heavy atom. The van der Waals surface area contributed by atoms with E-state index in [4.69, 9.17) is 0 Å². The van der Waals surface area contributed by atoms with Crippen LogP contribution in [0, 0.1) is 0 Å². The zero-order chi connectivity index (χ0) is 7.78. The maximum absolute atomic E-state index is 3.78. The van der Waals surface area contributed by atoms with E-state index < -0.39 is 0 Å². The van der Waals surface area contributed by atoms with Crippen LogP contribution in [0.1, 0.15) is 0 Å². The van der Waals surface area contributed by atoms with Gasteiger partial charge in [0.2, 0.25) is 0 Å². The van der Waals surface area contributed by atoms with E-state index in [0.717, 1.165) is 0 Å². The molecule has 0 aliphatic rings. The van der Waals surface area contributed by atoms with Crippen molar-refractivity contribution in [3.63, 3.8) is 0 Å². The Morgan fingerprint density at radius 3 is 1.82 bits per heavy atom. The van der Waals surface area contributed by atoms with Crippen molar-refractivity contribution in [2.45, 2.75) is 0 Å². The van der Waals surface area contributed by atoms with Crippen molar-refractivity contribution < 1.29 is 0 Å². The third-order valence-electron chi connectivity index (χ3n) is 0.914. The molecule has 2 nitrogen and oxygen atoms in total. The largest absolute Gasteiger partial charge is 0.265 e. The summed E-state index contributed by atoms with van der Waals surface area (Å²) in [6.07, 6.45) is 5.27. The van der Waals surface area contributed by atoms with Gasteiger partial charge in [-0.25, -0.2) is 4.37 Å². The summed E-state index contributed by atoms with van der Waals surface area (Å²) in [4.78, 5) is 3.78. The molecule has 56 valence electrons. The van der Waals surface area contributed by atoms with Crippen LogP contribution < -0.4 is 0 Å². The van der Waals surface area contributed by atoms with E-state index >= 15 is 0 Å². The van der Waals surface area contributed by atoms with E-state index in [2.05, 4.69) is 9.36 Å². The maximum atomic E-state index is 3.78. The summed E-state index contributed by atoms with van der Waals surface area (Å²) < 4.78 is 3.76. The SMILES string of the molecule is c1ccncc1.c1cnsc1. The van der Waals surface area contributed by atoms with Crippen molar-refractivity contribution in [3.8, 4) is 0 Å². The summed E-state index contributed by atoms with van der Waals surface area (Å²) >= 11 is 1.46. The number of hydrogen-bond acceptors (Lipinski definition) is 3. The van der Waals surface area contributed by atoms with E-state index in [1.807, 2.05) is 29.6 Å². The lowest BCUT2D eigenvalue weighted by Gasteiger charge is -1.70. The molecule has 0 aliphatic carbocycles. The van der Waals surface area contributed by atoms with Gasteiger partial charge in [-0.2, -0.15) is 0 Å². The molecule has 0 amide bonds. The van der Waals surface area contributed by atoms with Crippen LogP contribution in [0.15, 0.2) is 48.2 Å². The number of nitrogens with zero attached hydrogens (tertiary/aromatic N) is 2. The van der Waals surface area contributed by atoms with Crippen molar-refractivity contribution in [2.75, 3.05) is 0 Å². The van der Waals surface area contributed by atoms with Crippen LogP contribution >= 0.6 is 11.5 Å². The van der Waals surface area contributed by atoms with Gasteiger partial charge in [0.25, 0.3) is 0 Å². The smallest absolute Gasteiger partial charge is 0.0406 e. The Labute approximate surface area is 69.7 Å². The molecule has 2 aromatic rings. The fourth-order valence-electron chi connectivity index (χ4n) is 0.488. The van der Waals surface area contributed by atoms with Crippen LogP contribution in [0.2, 0.25) is 0 Å². The molecule has 0 aliphatic heterocycles. The van der Waals surface area contributed by atoms with Crippen molar-refractivity contribution in [3.05, 3.63) is 48.2 Å². The van der Waals surface area contributed by atoms with Crippen LogP contribution in [-0.4, -0.2) is 9.36 Å². The van der Waals surface area contributed by atoms with Gasteiger partial charge in [0.1, 0.15) is 0 Å². The zero-order valence-electron chi connectivity index (χ0n) is 5.92. The first-order chi connectivity index (χ1) is 5.50. The Morgan fingerprint density at radius 1 is 0.818 bits per heavy atom. The fraction of sp³-hybridized carbons (Fsp3) is 0. The second-order valence-corrected chi connectivity index (χ2v) is 2.41. The van der Waals surface area contributed by atoms with Gasteiger partial charge in [-0.15, -0.1) is 0 Å². The minimum atomic E-state index is 1.46. The van der Waals surface area contributed by atoms with Crippen LogP contribution in [0.4, 0.5) is 0 Å². The highest BCUT2D eigenvalue weighted by Crippen LogP contribution is 1.83. The van der Waals surface area contributed by atoms with E-state index in [0.29, 0.717) is 0 Å². The van der Waals surface area contributed by atoms with Gasteiger partial charge >= 0.3 is 0 Å². The average molecular weight is 164 g/mol. The first-order valence-electron chi connectivity index (χ1n) is 3.19. The molecular formula is C8H8N2S. The monoisotopic (exact) mass is 164 g/mol. The van der Waals surface area contributed by atoms with Crippen molar-refractivity contribution in [1.82, 2.24) is 9.36 Å². The Bertz CT molecular complexity index is 198.